The van der Waals surface area contributed by atoms with Crippen LogP contribution in [0.1, 0.15) is 73.4 Å². The normalized spacial score (nSPS) is 21.1. The van der Waals surface area contributed by atoms with Crippen molar-refractivity contribution in [3.05, 3.63) is 71.2 Å². The van der Waals surface area contributed by atoms with Crippen LogP contribution >= 0.6 is 0 Å². The molecule has 2 aromatic heterocycles. The van der Waals surface area contributed by atoms with Gasteiger partial charge in [-0.3, -0.25) is 19.5 Å². The fourth-order valence-corrected chi connectivity index (χ4v) is 5.83. The van der Waals surface area contributed by atoms with E-state index < -0.39 is 29.5 Å². The lowest BCUT2D eigenvalue weighted by Gasteiger charge is -2.43. The monoisotopic (exact) mass is 551 g/mol. The second-order valence-corrected chi connectivity index (χ2v) is 10.9. The number of piperidine rings is 1. The number of benzene rings is 1. The van der Waals surface area contributed by atoms with Gasteiger partial charge in [0.2, 0.25) is 5.91 Å². The molecule has 2 aliphatic rings. The van der Waals surface area contributed by atoms with Gasteiger partial charge < -0.3 is 15.2 Å². The van der Waals surface area contributed by atoms with Gasteiger partial charge in [0.05, 0.1) is 23.2 Å². The topological polar surface area (TPSA) is 100 Å². The van der Waals surface area contributed by atoms with Crippen molar-refractivity contribution < 1.29 is 22.9 Å². The molecule has 0 bridgehead atoms. The minimum atomic E-state index is -0.813. The molecule has 2 N–H and O–H groups in total. The molecule has 3 heterocycles. The second-order valence-electron chi connectivity index (χ2n) is 10.9. The highest BCUT2D eigenvalue weighted by atomic mass is 19.1. The predicted octanol–water partition coefficient (Wildman–Crippen LogP) is 4.95. The molecule has 2 fully saturated rings. The Balaban J connectivity index is 1.31. The molecule has 1 saturated heterocycles. The van der Waals surface area contributed by atoms with E-state index in [1.807, 2.05) is 32.0 Å². The zero-order valence-electron chi connectivity index (χ0n) is 22.8. The van der Waals surface area contributed by atoms with E-state index in [1.165, 1.54) is 31.4 Å². The molecule has 1 aliphatic carbocycles. The van der Waals surface area contributed by atoms with Crippen LogP contribution in [-0.2, 0) is 4.79 Å². The summed E-state index contributed by atoms with van der Waals surface area (Å²) in [6.07, 6.45) is 6.48. The number of rotatable bonds is 7. The highest BCUT2D eigenvalue weighted by Crippen LogP contribution is 2.29. The number of amides is 2. The Morgan fingerprint density at radius 3 is 2.62 bits per heavy atom. The van der Waals surface area contributed by atoms with Crippen LogP contribution in [0, 0.1) is 24.5 Å². The minimum absolute atomic E-state index is 0.00439. The van der Waals surface area contributed by atoms with E-state index in [9.17, 15) is 18.4 Å². The predicted molar refractivity (Wildman–Crippen MR) is 145 cm³/mol. The number of carbonyl (C=O) groups excluding carboxylic acids is 2. The average molecular weight is 552 g/mol. The van der Waals surface area contributed by atoms with Gasteiger partial charge in [-0.25, -0.2) is 8.78 Å². The van der Waals surface area contributed by atoms with Gasteiger partial charge in [-0.2, -0.15) is 0 Å². The van der Waals surface area contributed by atoms with Crippen LogP contribution in [0.4, 0.5) is 8.78 Å². The molecule has 0 spiro atoms. The number of hydrogen-bond acceptors (Lipinski definition) is 6. The van der Waals surface area contributed by atoms with Crippen molar-refractivity contribution >= 4 is 11.8 Å². The highest BCUT2D eigenvalue weighted by molar-refractivity contribution is 5.94. The van der Waals surface area contributed by atoms with Gasteiger partial charge in [-0.1, -0.05) is 30.5 Å². The third kappa shape index (κ3) is 6.38. The van der Waals surface area contributed by atoms with Gasteiger partial charge in [0.25, 0.3) is 5.91 Å². The van der Waals surface area contributed by atoms with E-state index >= 15 is 0 Å². The average Bonchev–Trinajstić information content (AvgIpc) is 3.44. The molecule has 1 saturated carbocycles. The van der Waals surface area contributed by atoms with Gasteiger partial charge in [0.15, 0.2) is 11.5 Å². The summed E-state index contributed by atoms with van der Waals surface area (Å²) in [6, 6.07) is 9.85. The van der Waals surface area contributed by atoms with Crippen LogP contribution in [-0.4, -0.2) is 52.0 Å². The van der Waals surface area contributed by atoms with Crippen LogP contribution in [0.25, 0.3) is 11.3 Å². The molecule has 212 valence electrons. The van der Waals surface area contributed by atoms with E-state index in [-0.39, 0.29) is 29.0 Å². The summed E-state index contributed by atoms with van der Waals surface area (Å²) in [5.74, 6) is -2.64. The first-order chi connectivity index (χ1) is 19.3. The van der Waals surface area contributed by atoms with Crippen LogP contribution < -0.4 is 10.6 Å². The Labute approximate surface area is 232 Å². The summed E-state index contributed by atoms with van der Waals surface area (Å²) in [5, 5.41) is 9.90. The van der Waals surface area contributed by atoms with E-state index in [0.29, 0.717) is 19.0 Å². The molecule has 3 atom stereocenters. The number of nitrogens with zero attached hydrogens (tertiary/aromatic N) is 3. The van der Waals surface area contributed by atoms with Gasteiger partial charge >= 0.3 is 0 Å². The standard InChI is InChI=1S/C30H35F2N5O3/c1-18-7-6-10-25(33-18)19(2)34-29(38)23-17-37(21-8-4-3-5-9-21)14-13-26(23)35-30(39)27-16-28(40-36-27)22-12-11-20(31)15-24(22)32/h6-7,10-12,15-16,19,21,23,26H,3-5,8-9,13-14,17H2,1-2H3,(H,34,38)(H,35,39)/t19-,23-,26-/m0/s1. The summed E-state index contributed by atoms with van der Waals surface area (Å²) in [4.78, 5) is 33.8. The van der Waals surface area contributed by atoms with Crippen molar-refractivity contribution in [2.24, 2.45) is 5.92 Å². The van der Waals surface area contributed by atoms with Crippen LogP contribution in [0.2, 0.25) is 0 Å². The number of halogens is 2. The van der Waals surface area contributed by atoms with E-state index in [4.69, 9.17) is 4.52 Å². The minimum Gasteiger partial charge on any atom is -0.355 e. The first kappa shape index (κ1) is 27.9. The molecule has 0 unspecified atom stereocenters. The molecule has 2 amide bonds. The number of pyridine rings is 1. The smallest absolute Gasteiger partial charge is 0.273 e. The number of hydrogen-bond donors (Lipinski definition) is 2. The van der Waals surface area contributed by atoms with Crippen LogP contribution in [0.3, 0.4) is 0 Å². The van der Waals surface area contributed by atoms with Crippen molar-refractivity contribution in [1.82, 2.24) is 25.7 Å². The third-order valence-electron chi connectivity index (χ3n) is 8.04. The zero-order chi connectivity index (χ0) is 28.2. The fraction of sp³-hybridized carbons (Fsp3) is 0.467. The zero-order valence-corrected chi connectivity index (χ0v) is 22.8. The Morgan fingerprint density at radius 2 is 1.88 bits per heavy atom. The molecule has 10 heteroatoms. The Kier molecular flexibility index (Phi) is 8.54. The van der Waals surface area contributed by atoms with Crippen molar-refractivity contribution in [3.8, 4) is 11.3 Å². The fourth-order valence-electron chi connectivity index (χ4n) is 5.83. The molecule has 0 radical (unpaired) electrons. The summed E-state index contributed by atoms with van der Waals surface area (Å²) in [7, 11) is 0. The molecule has 5 rings (SSSR count). The maximum atomic E-state index is 14.2. The first-order valence-corrected chi connectivity index (χ1v) is 14.0. The van der Waals surface area contributed by atoms with Crippen molar-refractivity contribution in [2.45, 2.75) is 70.5 Å². The molecule has 3 aromatic rings. The first-order valence-electron chi connectivity index (χ1n) is 14.0. The number of aryl methyl sites for hydroxylation is 1. The number of nitrogens with one attached hydrogen (secondary N) is 2. The number of carbonyl (C=O) groups is 2. The van der Waals surface area contributed by atoms with Crippen molar-refractivity contribution in [1.29, 1.82) is 0 Å². The van der Waals surface area contributed by atoms with Crippen LogP contribution in [0.15, 0.2) is 47.0 Å². The Morgan fingerprint density at radius 1 is 1.07 bits per heavy atom. The van der Waals surface area contributed by atoms with Gasteiger partial charge in [0.1, 0.15) is 11.6 Å². The molecular weight excluding hydrogens is 516 g/mol. The molecule has 1 aromatic carbocycles. The Bertz CT molecular complexity index is 1360. The van der Waals surface area contributed by atoms with E-state index in [1.54, 1.807) is 0 Å². The lowest BCUT2D eigenvalue weighted by atomic mass is 9.86. The quantitative estimate of drug-likeness (QED) is 0.431. The maximum absolute atomic E-state index is 14.2. The van der Waals surface area contributed by atoms with E-state index in [0.717, 1.165) is 42.9 Å². The number of aromatic nitrogens is 2. The van der Waals surface area contributed by atoms with Gasteiger partial charge in [0, 0.05) is 43.0 Å². The van der Waals surface area contributed by atoms with Crippen LogP contribution in [0.5, 0.6) is 0 Å². The molecule has 8 nitrogen and oxygen atoms in total. The summed E-state index contributed by atoms with van der Waals surface area (Å²) < 4.78 is 32.7. The van der Waals surface area contributed by atoms with Gasteiger partial charge in [-0.05, 0) is 57.4 Å². The van der Waals surface area contributed by atoms with Crippen molar-refractivity contribution in [3.63, 3.8) is 0 Å². The molecule has 1 aliphatic heterocycles. The third-order valence-corrected chi connectivity index (χ3v) is 8.04. The summed E-state index contributed by atoms with van der Waals surface area (Å²) in [6.45, 7) is 5.13. The van der Waals surface area contributed by atoms with E-state index in [2.05, 4.69) is 25.7 Å². The lowest BCUT2D eigenvalue weighted by molar-refractivity contribution is -0.128. The second kappa shape index (κ2) is 12.2. The summed E-state index contributed by atoms with van der Waals surface area (Å²) in [5.41, 5.74) is 1.61. The Hall–Kier alpha value is -3.66. The highest BCUT2D eigenvalue weighted by Gasteiger charge is 2.38. The SMILES string of the molecule is Cc1cccc([C@H](C)NC(=O)[C@H]2CN(C3CCCCC3)CC[C@@H]2NC(=O)c2cc(-c3ccc(F)cc3F)on2)n1. The largest absolute Gasteiger partial charge is 0.355 e. The lowest BCUT2D eigenvalue weighted by Crippen LogP contribution is -2.58. The summed E-state index contributed by atoms with van der Waals surface area (Å²) >= 11 is 0. The van der Waals surface area contributed by atoms with Gasteiger partial charge in [-0.15, -0.1) is 0 Å². The number of likely N-dealkylation sites (tertiary alicyclic amines) is 1. The molecular formula is C30H35F2N5O3. The maximum Gasteiger partial charge on any atom is 0.273 e. The molecule has 40 heavy (non-hydrogen) atoms. The van der Waals surface area contributed by atoms with Crippen molar-refractivity contribution in [2.75, 3.05) is 13.1 Å².